The van der Waals surface area contributed by atoms with E-state index >= 15 is 0 Å². The lowest BCUT2D eigenvalue weighted by molar-refractivity contribution is -0.124. The van der Waals surface area contributed by atoms with E-state index in [4.69, 9.17) is 5.21 Å². The second-order valence-electron chi connectivity index (χ2n) is 3.96. The monoisotopic (exact) mass is 393 g/mol. The van der Waals surface area contributed by atoms with E-state index in [1.54, 1.807) is 19.1 Å². The van der Waals surface area contributed by atoms with E-state index < -0.39 is 17.9 Å². The van der Waals surface area contributed by atoms with E-state index in [1.165, 1.54) is 11.6 Å². The number of hydrogen-bond donors (Lipinski definition) is 4. The quantitative estimate of drug-likeness (QED) is 0.359. The number of nitrogens with one attached hydrogen (secondary N) is 1. The number of phenols is 1. The molecule has 2 atom stereocenters. The van der Waals surface area contributed by atoms with Gasteiger partial charge in [-0.15, -0.1) is 0 Å². The second kappa shape index (κ2) is 7.04. The molecule has 19 heavy (non-hydrogen) atoms. The molecule has 7 heteroatoms. The molecule has 0 bridgehead atoms. The average molecular weight is 395 g/mol. The van der Waals surface area contributed by atoms with Gasteiger partial charge < -0.3 is 10.2 Å². The van der Waals surface area contributed by atoms with Gasteiger partial charge in [-0.25, -0.2) is 5.48 Å². The number of phenolic OH excluding ortho intramolecular Hbond substituents is 1. The number of amides is 1. The first-order valence-electron chi connectivity index (χ1n) is 5.35. The number of carbonyl (C=O) groups excluding carboxylic acids is 1. The van der Waals surface area contributed by atoms with Crippen molar-refractivity contribution >= 4 is 37.8 Å². The summed E-state index contributed by atoms with van der Waals surface area (Å²) >= 11 is 6.45. The molecule has 0 aromatic heterocycles. The van der Waals surface area contributed by atoms with Gasteiger partial charge in [-0.2, -0.15) is 0 Å². The molecule has 1 rings (SSSR count). The molecule has 0 aliphatic rings. The van der Waals surface area contributed by atoms with Gasteiger partial charge in [-0.3, -0.25) is 10.0 Å². The van der Waals surface area contributed by atoms with Gasteiger partial charge in [-0.05, 0) is 28.1 Å². The molecule has 1 aromatic rings. The first-order valence-corrected chi connectivity index (χ1v) is 6.93. The van der Waals surface area contributed by atoms with Crippen molar-refractivity contribution in [1.29, 1.82) is 0 Å². The smallest absolute Gasteiger partial charge is 0.267 e. The van der Waals surface area contributed by atoms with Crippen molar-refractivity contribution in [2.24, 2.45) is 5.92 Å². The largest absolute Gasteiger partial charge is 0.506 e. The number of hydroxylamine groups is 1. The fraction of sp³-hybridized carbons (Fsp3) is 0.250. The average Bonchev–Trinajstić information content (AvgIpc) is 2.38. The van der Waals surface area contributed by atoms with Crippen LogP contribution in [0.1, 0.15) is 18.6 Å². The van der Waals surface area contributed by atoms with Crippen LogP contribution >= 0.6 is 31.9 Å². The van der Waals surface area contributed by atoms with Crippen LogP contribution < -0.4 is 5.48 Å². The van der Waals surface area contributed by atoms with Crippen molar-refractivity contribution in [3.8, 4) is 5.75 Å². The number of aromatic hydroxyl groups is 1. The third-order valence-corrected chi connectivity index (χ3v) is 3.60. The molecular weight excluding hydrogens is 382 g/mol. The van der Waals surface area contributed by atoms with Crippen LogP contribution in [-0.2, 0) is 4.79 Å². The van der Waals surface area contributed by atoms with Gasteiger partial charge in [0.2, 0.25) is 0 Å². The Hall–Kier alpha value is -0.890. The highest BCUT2D eigenvalue weighted by Crippen LogP contribution is 2.37. The summed E-state index contributed by atoms with van der Waals surface area (Å²) in [4.78, 5) is 10.9. The Morgan fingerprint density at radius 1 is 1.42 bits per heavy atom. The Morgan fingerprint density at radius 2 is 2.05 bits per heavy atom. The predicted molar refractivity (Wildman–Crippen MR) is 76.7 cm³/mol. The molecule has 104 valence electrons. The fourth-order valence-corrected chi connectivity index (χ4v) is 2.73. The minimum atomic E-state index is -0.989. The van der Waals surface area contributed by atoms with E-state index in [0.717, 1.165) is 6.08 Å². The van der Waals surface area contributed by atoms with E-state index in [0.29, 0.717) is 14.5 Å². The number of halogens is 2. The SMILES string of the molecule is C[C@H](/C=C/C(=O)NO)[C@H](O)c1cc(Br)cc(Br)c1O. The highest BCUT2D eigenvalue weighted by molar-refractivity contribution is 9.11. The Bertz CT molecular complexity index is 505. The zero-order valence-corrected chi connectivity index (χ0v) is 13.1. The number of rotatable bonds is 4. The van der Waals surface area contributed by atoms with E-state index in [2.05, 4.69) is 31.9 Å². The third kappa shape index (κ3) is 4.31. The number of aliphatic hydroxyl groups is 1. The Kier molecular flexibility index (Phi) is 5.99. The van der Waals surface area contributed by atoms with Crippen molar-refractivity contribution in [2.45, 2.75) is 13.0 Å². The molecule has 0 spiro atoms. The molecule has 0 aliphatic carbocycles. The zero-order valence-electron chi connectivity index (χ0n) is 9.97. The van der Waals surface area contributed by atoms with Crippen LogP contribution in [0.3, 0.4) is 0 Å². The molecule has 0 fully saturated rings. The summed E-state index contributed by atoms with van der Waals surface area (Å²) < 4.78 is 1.16. The van der Waals surface area contributed by atoms with E-state index in [-0.39, 0.29) is 5.75 Å². The van der Waals surface area contributed by atoms with Crippen LogP contribution in [0.4, 0.5) is 0 Å². The first-order chi connectivity index (χ1) is 8.86. The van der Waals surface area contributed by atoms with Crippen molar-refractivity contribution in [1.82, 2.24) is 5.48 Å². The first kappa shape index (κ1) is 16.2. The molecule has 0 heterocycles. The third-order valence-electron chi connectivity index (χ3n) is 2.54. The fourth-order valence-electron chi connectivity index (χ4n) is 1.48. The van der Waals surface area contributed by atoms with Crippen LogP contribution in [0, 0.1) is 5.92 Å². The van der Waals surface area contributed by atoms with Gasteiger partial charge >= 0.3 is 0 Å². The molecule has 4 N–H and O–H groups in total. The number of hydrogen-bond acceptors (Lipinski definition) is 4. The molecule has 0 unspecified atom stereocenters. The molecular formula is C12H13Br2NO4. The molecule has 1 aromatic carbocycles. The minimum absolute atomic E-state index is 0.0532. The molecule has 0 saturated carbocycles. The standard InChI is InChI=1S/C12H13Br2NO4/c1-6(2-3-10(16)15-19)11(17)8-4-7(13)5-9(14)12(8)18/h2-6,11,17-19H,1H3,(H,15,16)/b3-2+/t6-,11+/m1/s1. The van der Waals surface area contributed by atoms with E-state index in [1.807, 2.05) is 0 Å². The van der Waals surface area contributed by atoms with Crippen LogP contribution in [0.25, 0.3) is 0 Å². The van der Waals surface area contributed by atoms with Gasteiger partial charge in [0.05, 0.1) is 10.6 Å². The van der Waals surface area contributed by atoms with Gasteiger partial charge in [0.15, 0.2) is 0 Å². The minimum Gasteiger partial charge on any atom is -0.506 e. The van der Waals surface area contributed by atoms with Gasteiger partial charge in [0, 0.05) is 22.0 Å². The maximum absolute atomic E-state index is 10.9. The lowest BCUT2D eigenvalue weighted by Crippen LogP contribution is -2.16. The van der Waals surface area contributed by atoms with Crippen molar-refractivity contribution < 1.29 is 20.2 Å². The lowest BCUT2D eigenvalue weighted by Gasteiger charge is -2.18. The Morgan fingerprint density at radius 3 is 2.63 bits per heavy atom. The Labute approximate surface area is 127 Å². The van der Waals surface area contributed by atoms with Crippen LogP contribution in [0.2, 0.25) is 0 Å². The van der Waals surface area contributed by atoms with Crippen molar-refractivity contribution in [3.63, 3.8) is 0 Å². The summed E-state index contributed by atoms with van der Waals surface area (Å²) in [5, 5.41) is 28.4. The predicted octanol–water partition coefficient (Wildman–Crippen LogP) is 2.65. The van der Waals surface area contributed by atoms with Crippen LogP contribution in [0.5, 0.6) is 5.75 Å². The zero-order chi connectivity index (χ0) is 14.6. The highest BCUT2D eigenvalue weighted by atomic mass is 79.9. The summed E-state index contributed by atoms with van der Waals surface area (Å²) in [6, 6.07) is 3.26. The van der Waals surface area contributed by atoms with Crippen molar-refractivity contribution in [2.75, 3.05) is 0 Å². The molecule has 0 aliphatic heterocycles. The molecule has 1 amide bonds. The number of carbonyl (C=O) groups is 1. The summed E-state index contributed by atoms with van der Waals surface area (Å²) in [5.41, 5.74) is 1.79. The Balaban J connectivity index is 2.97. The summed E-state index contributed by atoms with van der Waals surface area (Å²) in [7, 11) is 0. The summed E-state index contributed by atoms with van der Waals surface area (Å²) in [5.74, 6) is -1.16. The molecule has 0 saturated heterocycles. The second-order valence-corrected chi connectivity index (χ2v) is 5.73. The topological polar surface area (TPSA) is 89.8 Å². The van der Waals surface area contributed by atoms with E-state index in [9.17, 15) is 15.0 Å². The van der Waals surface area contributed by atoms with Crippen LogP contribution in [0.15, 0.2) is 33.2 Å². The number of aliphatic hydroxyl groups excluding tert-OH is 1. The molecule has 5 nitrogen and oxygen atoms in total. The van der Waals surface area contributed by atoms with Crippen molar-refractivity contribution in [3.05, 3.63) is 38.8 Å². The number of benzene rings is 1. The van der Waals surface area contributed by atoms with Gasteiger partial charge in [0.1, 0.15) is 5.75 Å². The van der Waals surface area contributed by atoms with Crippen LogP contribution in [-0.4, -0.2) is 21.3 Å². The van der Waals surface area contributed by atoms with Gasteiger partial charge in [-0.1, -0.05) is 28.9 Å². The summed E-state index contributed by atoms with van der Waals surface area (Å²) in [6.07, 6.45) is 1.55. The molecule has 0 radical (unpaired) electrons. The maximum Gasteiger partial charge on any atom is 0.267 e. The summed E-state index contributed by atoms with van der Waals surface area (Å²) in [6.45, 7) is 1.68. The maximum atomic E-state index is 10.9. The highest BCUT2D eigenvalue weighted by Gasteiger charge is 2.20. The normalized spacial score (nSPS) is 14.4. The lowest BCUT2D eigenvalue weighted by atomic mass is 9.96. The van der Waals surface area contributed by atoms with Gasteiger partial charge in [0.25, 0.3) is 5.91 Å².